The van der Waals surface area contributed by atoms with E-state index in [1.54, 1.807) is 24.1 Å². The average Bonchev–Trinajstić information content (AvgIpc) is 2.89. The molecule has 5 nitrogen and oxygen atoms in total. The van der Waals surface area contributed by atoms with Crippen molar-refractivity contribution >= 4 is 11.8 Å². The highest BCUT2D eigenvalue weighted by Crippen LogP contribution is 2.16. The second kappa shape index (κ2) is 13.2. The van der Waals surface area contributed by atoms with E-state index in [0.29, 0.717) is 37.5 Å². The first kappa shape index (κ1) is 25.0. The van der Waals surface area contributed by atoms with Crippen molar-refractivity contribution in [2.75, 3.05) is 26.7 Å². The third-order valence-electron chi connectivity index (χ3n) is 5.78. The Morgan fingerprint density at radius 2 is 1.44 bits per heavy atom. The van der Waals surface area contributed by atoms with E-state index in [9.17, 15) is 9.59 Å². The molecule has 178 valence electrons. The standard InChI is InChI=1S/C29H34N2O3/c1-3-19-30(29(33)26-15-10-16-27(22-26)34-2)21-18-28(32)31(23-25-13-8-5-9-14-25)20-17-24-11-6-4-7-12-24/h4-16,22H,3,17-21,23H2,1-2H3. The first-order valence-electron chi connectivity index (χ1n) is 11.9. The molecule has 0 fully saturated rings. The van der Waals surface area contributed by atoms with E-state index in [2.05, 4.69) is 12.1 Å². The quantitative estimate of drug-likeness (QED) is 0.374. The second-order valence-corrected chi connectivity index (χ2v) is 8.31. The van der Waals surface area contributed by atoms with Gasteiger partial charge in [0.2, 0.25) is 5.91 Å². The van der Waals surface area contributed by atoms with Crippen LogP contribution in [0, 0.1) is 0 Å². The number of rotatable bonds is 12. The fraction of sp³-hybridized carbons (Fsp3) is 0.310. The van der Waals surface area contributed by atoms with E-state index < -0.39 is 0 Å². The van der Waals surface area contributed by atoms with E-state index in [1.165, 1.54) is 5.56 Å². The van der Waals surface area contributed by atoms with Gasteiger partial charge in [0, 0.05) is 38.2 Å². The van der Waals surface area contributed by atoms with Crippen molar-refractivity contribution in [2.24, 2.45) is 0 Å². The Morgan fingerprint density at radius 1 is 0.765 bits per heavy atom. The van der Waals surface area contributed by atoms with Crippen LogP contribution in [0.5, 0.6) is 5.75 Å². The first-order chi connectivity index (χ1) is 16.6. The Kier molecular flexibility index (Phi) is 9.71. The van der Waals surface area contributed by atoms with Crippen molar-refractivity contribution in [2.45, 2.75) is 32.7 Å². The molecule has 0 saturated heterocycles. The summed E-state index contributed by atoms with van der Waals surface area (Å²) in [5, 5.41) is 0. The zero-order valence-corrected chi connectivity index (χ0v) is 20.2. The molecule has 5 heteroatoms. The lowest BCUT2D eigenvalue weighted by Crippen LogP contribution is -2.38. The molecule has 0 atom stereocenters. The van der Waals surface area contributed by atoms with Crippen LogP contribution in [0.3, 0.4) is 0 Å². The summed E-state index contributed by atoms with van der Waals surface area (Å²) in [6, 6.07) is 27.4. The lowest BCUT2D eigenvalue weighted by Gasteiger charge is -2.26. The smallest absolute Gasteiger partial charge is 0.254 e. The van der Waals surface area contributed by atoms with Gasteiger partial charge in [-0.15, -0.1) is 0 Å². The van der Waals surface area contributed by atoms with Gasteiger partial charge in [-0.3, -0.25) is 9.59 Å². The van der Waals surface area contributed by atoms with Crippen molar-refractivity contribution in [1.29, 1.82) is 0 Å². The van der Waals surface area contributed by atoms with Crippen LogP contribution >= 0.6 is 0 Å². The number of carbonyl (C=O) groups excluding carboxylic acids is 2. The zero-order chi connectivity index (χ0) is 24.2. The maximum absolute atomic E-state index is 13.3. The van der Waals surface area contributed by atoms with Crippen LogP contribution in [0.15, 0.2) is 84.9 Å². The van der Waals surface area contributed by atoms with E-state index in [1.807, 2.05) is 72.5 Å². The number of methoxy groups -OCH3 is 1. The highest BCUT2D eigenvalue weighted by atomic mass is 16.5. The van der Waals surface area contributed by atoms with Gasteiger partial charge < -0.3 is 14.5 Å². The largest absolute Gasteiger partial charge is 0.497 e. The fourth-order valence-electron chi connectivity index (χ4n) is 3.92. The number of benzene rings is 3. The minimum absolute atomic E-state index is 0.0549. The number of hydrogen-bond donors (Lipinski definition) is 0. The molecule has 34 heavy (non-hydrogen) atoms. The van der Waals surface area contributed by atoms with Gasteiger partial charge in [0.1, 0.15) is 5.75 Å². The Bertz CT molecular complexity index is 1040. The van der Waals surface area contributed by atoms with Gasteiger partial charge in [-0.1, -0.05) is 73.7 Å². The van der Waals surface area contributed by atoms with E-state index in [-0.39, 0.29) is 18.2 Å². The number of amides is 2. The molecule has 0 radical (unpaired) electrons. The van der Waals surface area contributed by atoms with E-state index in [4.69, 9.17) is 4.74 Å². The predicted molar refractivity (Wildman–Crippen MR) is 136 cm³/mol. The Balaban J connectivity index is 1.68. The highest BCUT2D eigenvalue weighted by molar-refractivity contribution is 5.94. The number of ether oxygens (including phenoxy) is 1. The molecular formula is C29H34N2O3. The fourth-order valence-corrected chi connectivity index (χ4v) is 3.92. The summed E-state index contributed by atoms with van der Waals surface area (Å²) in [5.41, 5.74) is 2.88. The molecule has 0 unspecified atom stereocenters. The van der Waals surface area contributed by atoms with Crippen LogP contribution in [0.1, 0.15) is 41.3 Å². The SMILES string of the molecule is CCCN(CCC(=O)N(CCc1ccccc1)Cc1ccccc1)C(=O)c1cccc(OC)c1. The summed E-state index contributed by atoms with van der Waals surface area (Å²) in [7, 11) is 1.59. The zero-order valence-electron chi connectivity index (χ0n) is 20.2. The monoisotopic (exact) mass is 458 g/mol. The molecule has 3 aromatic carbocycles. The van der Waals surface area contributed by atoms with Crippen molar-refractivity contribution in [3.05, 3.63) is 102 Å². The molecule has 3 rings (SSSR count). The summed E-state index contributed by atoms with van der Waals surface area (Å²) >= 11 is 0. The maximum Gasteiger partial charge on any atom is 0.254 e. The van der Waals surface area contributed by atoms with Gasteiger partial charge in [-0.25, -0.2) is 0 Å². The first-order valence-corrected chi connectivity index (χ1v) is 11.9. The number of hydrogen-bond acceptors (Lipinski definition) is 3. The summed E-state index contributed by atoms with van der Waals surface area (Å²) in [4.78, 5) is 30.1. The minimum Gasteiger partial charge on any atom is -0.497 e. The topological polar surface area (TPSA) is 49.9 Å². The minimum atomic E-state index is -0.0764. The summed E-state index contributed by atoms with van der Waals surface area (Å²) < 4.78 is 5.26. The third-order valence-corrected chi connectivity index (χ3v) is 5.78. The maximum atomic E-state index is 13.3. The Morgan fingerprint density at radius 3 is 2.09 bits per heavy atom. The molecule has 0 aliphatic heterocycles. The number of carbonyl (C=O) groups is 2. The van der Waals surface area contributed by atoms with Crippen molar-refractivity contribution in [3.8, 4) is 5.75 Å². The molecule has 0 aliphatic carbocycles. The van der Waals surface area contributed by atoms with Gasteiger partial charge in [0.25, 0.3) is 5.91 Å². The summed E-state index contributed by atoms with van der Waals surface area (Å²) in [5.74, 6) is 0.625. The van der Waals surface area contributed by atoms with Crippen molar-refractivity contribution in [3.63, 3.8) is 0 Å². The number of nitrogens with zero attached hydrogens (tertiary/aromatic N) is 2. The molecule has 0 aliphatic rings. The van der Waals surface area contributed by atoms with Gasteiger partial charge in [0.05, 0.1) is 7.11 Å². The van der Waals surface area contributed by atoms with E-state index >= 15 is 0 Å². The van der Waals surface area contributed by atoms with Gasteiger partial charge >= 0.3 is 0 Å². The second-order valence-electron chi connectivity index (χ2n) is 8.31. The normalized spacial score (nSPS) is 10.5. The molecule has 0 aromatic heterocycles. The van der Waals surface area contributed by atoms with Gasteiger partial charge in [-0.2, -0.15) is 0 Å². The molecule has 3 aromatic rings. The van der Waals surface area contributed by atoms with Gasteiger partial charge in [0.15, 0.2) is 0 Å². The van der Waals surface area contributed by atoms with Crippen LogP contribution < -0.4 is 4.74 Å². The Labute approximate surface area is 203 Å². The molecule has 0 N–H and O–H groups in total. The molecule has 2 amide bonds. The van der Waals surface area contributed by atoms with Gasteiger partial charge in [-0.05, 0) is 42.2 Å². The van der Waals surface area contributed by atoms with Crippen LogP contribution in [-0.2, 0) is 17.8 Å². The van der Waals surface area contributed by atoms with Crippen LogP contribution in [0.2, 0.25) is 0 Å². The molecule has 0 bridgehead atoms. The van der Waals surface area contributed by atoms with Crippen LogP contribution in [-0.4, -0.2) is 48.4 Å². The Hall–Kier alpha value is -3.60. The lowest BCUT2D eigenvalue weighted by atomic mass is 10.1. The van der Waals surface area contributed by atoms with Crippen LogP contribution in [0.4, 0.5) is 0 Å². The molecule has 0 saturated carbocycles. The molecule has 0 heterocycles. The lowest BCUT2D eigenvalue weighted by molar-refractivity contribution is -0.132. The van der Waals surface area contributed by atoms with E-state index in [0.717, 1.165) is 18.4 Å². The van der Waals surface area contributed by atoms with Crippen molar-refractivity contribution < 1.29 is 14.3 Å². The predicted octanol–water partition coefficient (Wildman–Crippen LogP) is 5.21. The van der Waals surface area contributed by atoms with Crippen LogP contribution in [0.25, 0.3) is 0 Å². The van der Waals surface area contributed by atoms with Crippen molar-refractivity contribution in [1.82, 2.24) is 9.80 Å². The average molecular weight is 459 g/mol. The molecular weight excluding hydrogens is 424 g/mol. The highest BCUT2D eigenvalue weighted by Gasteiger charge is 2.20. The summed E-state index contributed by atoms with van der Waals surface area (Å²) in [6.45, 7) is 4.22. The molecule has 0 spiro atoms. The summed E-state index contributed by atoms with van der Waals surface area (Å²) in [6.07, 6.45) is 1.91. The third kappa shape index (κ3) is 7.48.